The minimum atomic E-state index is -3.29. The van der Waals surface area contributed by atoms with Gasteiger partial charge in [-0.2, -0.15) is 0 Å². The fraction of sp³-hybridized carbons (Fsp3) is 0.235. The fourth-order valence-electron chi connectivity index (χ4n) is 2.08. The van der Waals surface area contributed by atoms with E-state index in [9.17, 15) is 13.2 Å². The molecule has 0 aliphatic rings. The van der Waals surface area contributed by atoms with Crippen LogP contribution in [0, 0.1) is 0 Å². The average Bonchev–Trinajstić information content (AvgIpc) is 2.47. The lowest BCUT2D eigenvalue weighted by molar-refractivity contribution is 0.0993. The zero-order valence-corrected chi connectivity index (χ0v) is 13.0. The van der Waals surface area contributed by atoms with E-state index in [1.165, 1.54) is 17.7 Å². The molecule has 0 N–H and O–H groups in total. The van der Waals surface area contributed by atoms with Crippen LogP contribution in [0.5, 0.6) is 0 Å². The van der Waals surface area contributed by atoms with Crippen molar-refractivity contribution >= 4 is 15.6 Å². The van der Waals surface area contributed by atoms with Crippen molar-refractivity contribution in [1.82, 2.24) is 0 Å². The Labute approximate surface area is 125 Å². The number of carbonyl (C=O) groups is 1. The summed E-state index contributed by atoms with van der Waals surface area (Å²) in [5.41, 5.74) is 2.59. The van der Waals surface area contributed by atoms with Gasteiger partial charge in [-0.3, -0.25) is 4.79 Å². The normalized spacial score (nSPS) is 11.3. The minimum Gasteiger partial charge on any atom is -0.294 e. The second kappa shape index (κ2) is 6.22. The van der Waals surface area contributed by atoms with Crippen molar-refractivity contribution in [2.45, 2.75) is 24.7 Å². The summed E-state index contributed by atoms with van der Waals surface area (Å²) in [5, 5.41) is 0. The minimum absolute atomic E-state index is 0.0789. The Hall–Kier alpha value is -1.94. The average molecular weight is 302 g/mol. The summed E-state index contributed by atoms with van der Waals surface area (Å²) >= 11 is 0. The van der Waals surface area contributed by atoms with E-state index in [0.717, 1.165) is 18.2 Å². The molecule has 0 bridgehead atoms. The maximum absolute atomic E-state index is 12.3. The Bertz CT molecular complexity index is 744. The standard InChI is InChI=1S/C17H18O3S/c1-3-13-7-9-14(10-8-13)11-17(18)15-5-4-6-16(12-15)21(2,19)20/h4-10,12H,3,11H2,1-2H3. The molecule has 0 aromatic heterocycles. The van der Waals surface area contributed by atoms with Gasteiger partial charge in [-0.15, -0.1) is 0 Å². The van der Waals surface area contributed by atoms with E-state index in [2.05, 4.69) is 6.92 Å². The van der Waals surface area contributed by atoms with Gasteiger partial charge in [0.05, 0.1) is 4.90 Å². The molecule has 0 saturated carbocycles. The lowest BCUT2D eigenvalue weighted by Crippen LogP contribution is -2.05. The third-order valence-electron chi connectivity index (χ3n) is 3.38. The molecular formula is C17H18O3S. The number of aryl methyl sites for hydroxylation is 1. The SMILES string of the molecule is CCc1ccc(CC(=O)c2cccc(S(C)(=O)=O)c2)cc1. The van der Waals surface area contributed by atoms with E-state index in [4.69, 9.17) is 0 Å². The summed E-state index contributed by atoms with van der Waals surface area (Å²) in [6.45, 7) is 2.08. The topological polar surface area (TPSA) is 51.2 Å². The van der Waals surface area contributed by atoms with E-state index in [0.29, 0.717) is 5.56 Å². The molecular weight excluding hydrogens is 284 g/mol. The summed E-state index contributed by atoms with van der Waals surface area (Å²) in [6, 6.07) is 14.1. The van der Waals surface area contributed by atoms with Crippen molar-refractivity contribution in [3.63, 3.8) is 0 Å². The molecule has 2 aromatic carbocycles. The van der Waals surface area contributed by atoms with Crippen LogP contribution in [-0.4, -0.2) is 20.5 Å². The molecule has 0 spiro atoms. The van der Waals surface area contributed by atoms with E-state index >= 15 is 0 Å². The van der Waals surface area contributed by atoms with Crippen LogP contribution in [-0.2, 0) is 22.7 Å². The maximum atomic E-state index is 12.3. The highest BCUT2D eigenvalue weighted by Crippen LogP contribution is 2.14. The van der Waals surface area contributed by atoms with Crippen LogP contribution in [0.4, 0.5) is 0 Å². The predicted molar refractivity (Wildman–Crippen MR) is 83.4 cm³/mol. The van der Waals surface area contributed by atoms with Gasteiger partial charge in [0.15, 0.2) is 15.6 Å². The van der Waals surface area contributed by atoms with Gasteiger partial charge in [-0.1, -0.05) is 43.3 Å². The van der Waals surface area contributed by atoms with Gasteiger partial charge in [-0.25, -0.2) is 8.42 Å². The lowest BCUT2D eigenvalue weighted by atomic mass is 10.0. The maximum Gasteiger partial charge on any atom is 0.175 e. The van der Waals surface area contributed by atoms with Gasteiger partial charge in [0, 0.05) is 18.2 Å². The number of hydrogen-bond acceptors (Lipinski definition) is 3. The van der Waals surface area contributed by atoms with Gasteiger partial charge >= 0.3 is 0 Å². The number of hydrogen-bond donors (Lipinski definition) is 0. The van der Waals surface area contributed by atoms with Crippen molar-refractivity contribution in [2.75, 3.05) is 6.26 Å². The van der Waals surface area contributed by atoms with E-state index in [1.807, 2.05) is 24.3 Å². The number of Topliss-reactive ketones (excluding diaryl/α,β-unsaturated/α-hetero) is 1. The predicted octanol–water partition coefficient (Wildman–Crippen LogP) is 3.08. The quantitative estimate of drug-likeness (QED) is 0.798. The van der Waals surface area contributed by atoms with E-state index < -0.39 is 9.84 Å². The molecule has 110 valence electrons. The van der Waals surface area contributed by atoms with Crippen molar-refractivity contribution in [3.05, 3.63) is 65.2 Å². The number of ketones is 1. The van der Waals surface area contributed by atoms with Crippen LogP contribution >= 0.6 is 0 Å². The molecule has 0 fully saturated rings. The molecule has 2 rings (SSSR count). The summed E-state index contributed by atoms with van der Waals surface area (Å²) in [4.78, 5) is 12.4. The van der Waals surface area contributed by atoms with Crippen molar-refractivity contribution in [2.24, 2.45) is 0 Å². The Morgan fingerprint density at radius 3 is 2.19 bits per heavy atom. The Balaban J connectivity index is 2.20. The largest absolute Gasteiger partial charge is 0.294 e. The van der Waals surface area contributed by atoms with Gasteiger partial charge in [0.1, 0.15) is 0 Å². The molecule has 0 aliphatic heterocycles. The first-order chi connectivity index (χ1) is 9.90. The van der Waals surface area contributed by atoms with Gasteiger partial charge in [0.25, 0.3) is 0 Å². The number of sulfone groups is 1. The molecule has 3 nitrogen and oxygen atoms in total. The molecule has 21 heavy (non-hydrogen) atoms. The van der Waals surface area contributed by atoms with Gasteiger partial charge in [-0.05, 0) is 29.7 Å². The monoisotopic (exact) mass is 302 g/mol. The smallest absolute Gasteiger partial charge is 0.175 e. The highest BCUT2D eigenvalue weighted by atomic mass is 32.2. The molecule has 2 aromatic rings. The summed E-state index contributed by atoms with van der Waals surface area (Å²) in [7, 11) is -3.29. The first-order valence-electron chi connectivity index (χ1n) is 6.81. The Morgan fingerprint density at radius 2 is 1.62 bits per heavy atom. The van der Waals surface area contributed by atoms with Crippen LogP contribution in [0.3, 0.4) is 0 Å². The van der Waals surface area contributed by atoms with Crippen LogP contribution in [0.2, 0.25) is 0 Å². The molecule has 0 heterocycles. The summed E-state index contributed by atoms with van der Waals surface area (Å²) in [6.07, 6.45) is 2.38. The molecule has 0 unspecified atom stereocenters. The second-order valence-electron chi connectivity index (χ2n) is 5.07. The highest BCUT2D eigenvalue weighted by molar-refractivity contribution is 7.90. The van der Waals surface area contributed by atoms with Crippen LogP contribution in [0.15, 0.2) is 53.4 Å². The molecule has 0 atom stereocenters. The van der Waals surface area contributed by atoms with Gasteiger partial charge in [0.2, 0.25) is 0 Å². The Morgan fingerprint density at radius 1 is 1.00 bits per heavy atom. The molecule has 0 radical (unpaired) electrons. The van der Waals surface area contributed by atoms with Crippen LogP contribution < -0.4 is 0 Å². The summed E-state index contributed by atoms with van der Waals surface area (Å²) in [5.74, 6) is -0.0789. The van der Waals surface area contributed by atoms with E-state index in [-0.39, 0.29) is 17.1 Å². The summed E-state index contributed by atoms with van der Waals surface area (Å²) < 4.78 is 23.1. The third-order valence-corrected chi connectivity index (χ3v) is 4.49. The number of carbonyl (C=O) groups excluding carboxylic acids is 1. The molecule has 0 amide bonds. The van der Waals surface area contributed by atoms with Crippen molar-refractivity contribution in [3.8, 4) is 0 Å². The zero-order chi connectivity index (χ0) is 15.5. The first kappa shape index (κ1) is 15.4. The van der Waals surface area contributed by atoms with Crippen molar-refractivity contribution in [1.29, 1.82) is 0 Å². The Kier molecular flexibility index (Phi) is 4.58. The number of benzene rings is 2. The van der Waals surface area contributed by atoms with Gasteiger partial charge < -0.3 is 0 Å². The molecule has 0 aliphatic carbocycles. The fourth-order valence-corrected chi connectivity index (χ4v) is 2.75. The lowest BCUT2D eigenvalue weighted by Gasteiger charge is -2.05. The van der Waals surface area contributed by atoms with Crippen molar-refractivity contribution < 1.29 is 13.2 Å². The molecule has 4 heteroatoms. The third kappa shape index (κ3) is 4.02. The van der Waals surface area contributed by atoms with E-state index in [1.54, 1.807) is 12.1 Å². The number of rotatable bonds is 5. The zero-order valence-electron chi connectivity index (χ0n) is 12.2. The van der Waals surface area contributed by atoms with Crippen LogP contribution in [0.1, 0.15) is 28.4 Å². The van der Waals surface area contributed by atoms with Crippen LogP contribution in [0.25, 0.3) is 0 Å². The molecule has 0 saturated heterocycles. The first-order valence-corrected chi connectivity index (χ1v) is 8.70. The highest BCUT2D eigenvalue weighted by Gasteiger charge is 2.12. The second-order valence-corrected chi connectivity index (χ2v) is 7.09.